The average Bonchev–Trinajstić information content (AvgIpc) is 1.97. The van der Waals surface area contributed by atoms with Gasteiger partial charge in [0.2, 0.25) is 0 Å². The maximum absolute atomic E-state index is 13.0. The van der Waals surface area contributed by atoms with Gasteiger partial charge >= 0.3 is 0 Å². The third-order valence-electron chi connectivity index (χ3n) is 2.96. The molecule has 0 aromatic carbocycles. The van der Waals surface area contributed by atoms with E-state index in [0.29, 0.717) is 5.92 Å². The molecule has 0 spiro atoms. The quantitative estimate of drug-likeness (QED) is 0.558. The molecule has 1 aliphatic carbocycles. The van der Waals surface area contributed by atoms with E-state index in [0.717, 1.165) is 12.0 Å². The van der Waals surface area contributed by atoms with E-state index in [9.17, 15) is 4.39 Å². The maximum atomic E-state index is 13.0. The molecule has 0 fully saturated rings. The molecule has 68 valence electrons. The van der Waals surface area contributed by atoms with Crippen molar-refractivity contribution in [1.29, 1.82) is 0 Å². The fourth-order valence-corrected chi connectivity index (χ4v) is 1.50. The molecule has 0 saturated heterocycles. The first-order valence-corrected chi connectivity index (χ1v) is 4.51. The molecule has 0 nitrogen and oxygen atoms in total. The van der Waals surface area contributed by atoms with E-state index in [1.807, 2.05) is 6.92 Å². The Morgan fingerprint density at radius 3 is 2.50 bits per heavy atom. The molecule has 0 aromatic rings. The van der Waals surface area contributed by atoms with Gasteiger partial charge in [-0.3, -0.25) is 0 Å². The Balaban J connectivity index is 2.90. The average molecular weight is 168 g/mol. The largest absolute Gasteiger partial charge is 0.207 e. The molecule has 1 rings (SSSR count). The van der Waals surface area contributed by atoms with Crippen molar-refractivity contribution in [3.63, 3.8) is 0 Å². The van der Waals surface area contributed by atoms with Crippen molar-refractivity contribution in [3.05, 3.63) is 23.6 Å². The van der Waals surface area contributed by atoms with Crippen LogP contribution >= 0.6 is 0 Å². The summed E-state index contributed by atoms with van der Waals surface area (Å²) in [4.78, 5) is 0. The van der Waals surface area contributed by atoms with Crippen LogP contribution in [-0.2, 0) is 0 Å². The predicted octanol–water partition coefficient (Wildman–Crippen LogP) is 3.85. The Labute approximate surface area is 74.2 Å². The van der Waals surface area contributed by atoms with Crippen LogP contribution in [0.3, 0.4) is 0 Å². The van der Waals surface area contributed by atoms with Crippen molar-refractivity contribution in [2.24, 2.45) is 11.3 Å². The fourth-order valence-electron chi connectivity index (χ4n) is 1.50. The summed E-state index contributed by atoms with van der Waals surface area (Å²) in [6, 6.07) is 0. The summed E-state index contributed by atoms with van der Waals surface area (Å²) >= 11 is 0. The molecule has 0 heterocycles. The number of hydrogen-bond donors (Lipinski definition) is 0. The second-order valence-corrected chi connectivity index (χ2v) is 4.24. The number of hydrogen-bond acceptors (Lipinski definition) is 0. The van der Waals surface area contributed by atoms with E-state index < -0.39 is 0 Å². The highest BCUT2D eigenvalue weighted by molar-refractivity contribution is 5.30. The van der Waals surface area contributed by atoms with Crippen molar-refractivity contribution in [2.75, 3.05) is 0 Å². The van der Waals surface area contributed by atoms with Crippen molar-refractivity contribution < 1.29 is 4.39 Å². The van der Waals surface area contributed by atoms with Crippen LogP contribution in [-0.4, -0.2) is 0 Å². The summed E-state index contributed by atoms with van der Waals surface area (Å²) in [6.45, 7) is 8.39. The van der Waals surface area contributed by atoms with E-state index in [1.54, 1.807) is 6.08 Å². The number of rotatable bonds is 1. The lowest BCUT2D eigenvalue weighted by atomic mass is 9.73. The molecule has 0 amide bonds. The van der Waals surface area contributed by atoms with Crippen LogP contribution in [0.15, 0.2) is 23.6 Å². The molecule has 1 heteroatoms. The Hall–Kier alpha value is -0.590. The van der Waals surface area contributed by atoms with Crippen LogP contribution in [0, 0.1) is 11.3 Å². The fraction of sp³-hybridized carbons (Fsp3) is 0.636. The molecule has 0 aliphatic heterocycles. The van der Waals surface area contributed by atoms with Crippen molar-refractivity contribution in [1.82, 2.24) is 0 Å². The standard InChI is InChI=1S/C11H17F/c1-8(2)11(4)6-5-10(12)9(3)7-11/h5,7-8H,6H2,1-4H3. The lowest BCUT2D eigenvalue weighted by Gasteiger charge is -2.32. The Morgan fingerprint density at radius 1 is 1.50 bits per heavy atom. The topological polar surface area (TPSA) is 0 Å². The molecule has 1 unspecified atom stereocenters. The zero-order valence-corrected chi connectivity index (χ0v) is 8.32. The summed E-state index contributed by atoms with van der Waals surface area (Å²) in [5.74, 6) is 0.518. The normalized spacial score (nSPS) is 30.2. The van der Waals surface area contributed by atoms with Crippen LogP contribution in [0.25, 0.3) is 0 Å². The van der Waals surface area contributed by atoms with Crippen molar-refractivity contribution in [2.45, 2.75) is 34.1 Å². The monoisotopic (exact) mass is 168 g/mol. The Kier molecular flexibility index (Phi) is 2.41. The van der Waals surface area contributed by atoms with Crippen LogP contribution in [0.2, 0.25) is 0 Å². The zero-order chi connectivity index (χ0) is 9.35. The predicted molar refractivity (Wildman–Crippen MR) is 50.5 cm³/mol. The highest BCUT2D eigenvalue weighted by Crippen LogP contribution is 2.39. The third-order valence-corrected chi connectivity index (χ3v) is 2.96. The van der Waals surface area contributed by atoms with Gasteiger partial charge in [0.15, 0.2) is 0 Å². The molecular formula is C11H17F. The Morgan fingerprint density at radius 2 is 2.08 bits per heavy atom. The molecule has 0 aromatic heterocycles. The molecule has 0 N–H and O–H groups in total. The summed E-state index contributed by atoms with van der Waals surface area (Å²) in [5, 5.41) is 0. The van der Waals surface area contributed by atoms with Gasteiger partial charge in [-0.05, 0) is 36.3 Å². The number of halogens is 1. The van der Waals surface area contributed by atoms with Crippen LogP contribution in [0.5, 0.6) is 0 Å². The minimum absolute atomic E-state index is 0.0480. The van der Waals surface area contributed by atoms with E-state index in [-0.39, 0.29) is 11.2 Å². The lowest BCUT2D eigenvalue weighted by molar-refractivity contribution is 0.292. The van der Waals surface area contributed by atoms with E-state index in [4.69, 9.17) is 0 Å². The van der Waals surface area contributed by atoms with Gasteiger partial charge in [-0.25, -0.2) is 4.39 Å². The maximum Gasteiger partial charge on any atom is 0.121 e. The van der Waals surface area contributed by atoms with Gasteiger partial charge < -0.3 is 0 Å². The smallest absolute Gasteiger partial charge is 0.121 e. The minimum atomic E-state index is -0.0480. The molecule has 0 radical (unpaired) electrons. The third kappa shape index (κ3) is 1.60. The SMILES string of the molecule is CC1=CC(C)(C(C)C)CC=C1F. The molecule has 12 heavy (non-hydrogen) atoms. The summed E-state index contributed by atoms with van der Waals surface area (Å²) < 4.78 is 13.0. The summed E-state index contributed by atoms with van der Waals surface area (Å²) in [7, 11) is 0. The van der Waals surface area contributed by atoms with Crippen LogP contribution in [0.1, 0.15) is 34.1 Å². The van der Waals surface area contributed by atoms with Gasteiger partial charge in [0.25, 0.3) is 0 Å². The van der Waals surface area contributed by atoms with E-state index in [1.165, 1.54) is 0 Å². The lowest BCUT2D eigenvalue weighted by Crippen LogP contribution is -2.22. The molecular weight excluding hydrogens is 151 g/mol. The van der Waals surface area contributed by atoms with Gasteiger partial charge in [-0.15, -0.1) is 0 Å². The van der Waals surface area contributed by atoms with Crippen molar-refractivity contribution in [3.8, 4) is 0 Å². The Bertz CT molecular complexity index is 235. The highest BCUT2D eigenvalue weighted by atomic mass is 19.1. The van der Waals surface area contributed by atoms with Crippen LogP contribution in [0.4, 0.5) is 4.39 Å². The van der Waals surface area contributed by atoms with E-state index in [2.05, 4.69) is 26.8 Å². The molecule has 1 aliphatic rings. The minimum Gasteiger partial charge on any atom is -0.207 e. The van der Waals surface area contributed by atoms with Crippen molar-refractivity contribution >= 4 is 0 Å². The second-order valence-electron chi connectivity index (χ2n) is 4.24. The molecule has 1 atom stereocenters. The van der Waals surface area contributed by atoms with Gasteiger partial charge in [-0.2, -0.15) is 0 Å². The highest BCUT2D eigenvalue weighted by Gasteiger charge is 2.28. The zero-order valence-electron chi connectivity index (χ0n) is 8.32. The van der Waals surface area contributed by atoms with Gasteiger partial charge in [0.1, 0.15) is 5.83 Å². The second kappa shape index (κ2) is 3.04. The van der Waals surface area contributed by atoms with Gasteiger partial charge in [-0.1, -0.05) is 26.8 Å². The van der Waals surface area contributed by atoms with Gasteiger partial charge in [0.05, 0.1) is 0 Å². The van der Waals surface area contributed by atoms with Crippen LogP contribution < -0.4 is 0 Å². The first-order valence-electron chi connectivity index (χ1n) is 4.51. The number of allylic oxidation sites excluding steroid dienone is 4. The molecule has 0 saturated carbocycles. The summed E-state index contributed by atoms with van der Waals surface area (Å²) in [5.41, 5.74) is 0.942. The first kappa shape index (κ1) is 9.50. The first-order chi connectivity index (χ1) is 5.46. The van der Waals surface area contributed by atoms with Gasteiger partial charge in [0, 0.05) is 0 Å². The molecule has 0 bridgehead atoms. The van der Waals surface area contributed by atoms with E-state index >= 15 is 0 Å². The summed E-state index contributed by atoms with van der Waals surface area (Å²) in [6.07, 6.45) is 4.59.